The van der Waals surface area contributed by atoms with Crippen LogP contribution in [0.3, 0.4) is 0 Å². The van der Waals surface area contributed by atoms with Crippen LogP contribution in [0, 0.1) is 0 Å². The summed E-state index contributed by atoms with van der Waals surface area (Å²) in [6, 6.07) is 0. The molecule has 0 aromatic carbocycles. The largest absolute Gasteiger partial charge is 0.395 e. The van der Waals surface area contributed by atoms with Gasteiger partial charge in [-0.2, -0.15) is 0 Å². The van der Waals surface area contributed by atoms with E-state index in [0.717, 1.165) is 32.1 Å². The zero-order valence-corrected chi connectivity index (χ0v) is 14.4. The molecular formula is C16H33NO7. The molecule has 24 heavy (non-hydrogen) atoms. The molecule has 0 fully saturated rings. The number of hydrogen-bond acceptors (Lipinski definition) is 7. The van der Waals surface area contributed by atoms with Crippen LogP contribution >= 0.6 is 0 Å². The molecule has 0 heterocycles. The molecule has 0 aliphatic heterocycles. The summed E-state index contributed by atoms with van der Waals surface area (Å²) in [6.07, 6.45) is -1.28. The van der Waals surface area contributed by atoms with Crippen LogP contribution < -0.4 is 0 Å². The van der Waals surface area contributed by atoms with Gasteiger partial charge >= 0.3 is 0 Å². The van der Waals surface area contributed by atoms with Gasteiger partial charge in [-0.15, -0.1) is 0 Å². The van der Waals surface area contributed by atoms with Crippen molar-refractivity contribution in [2.75, 3.05) is 26.3 Å². The van der Waals surface area contributed by atoms with E-state index in [2.05, 4.69) is 6.92 Å². The smallest absolute Gasteiger partial charge is 0.254 e. The van der Waals surface area contributed by atoms with Gasteiger partial charge in [-0.25, -0.2) is 0 Å². The highest BCUT2D eigenvalue weighted by Gasteiger charge is 2.36. The van der Waals surface area contributed by atoms with Crippen LogP contribution in [-0.2, 0) is 4.79 Å². The number of carbonyl (C=O) groups excluding carboxylic acids is 1. The van der Waals surface area contributed by atoms with E-state index in [0.29, 0.717) is 13.0 Å². The fourth-order valence-electron chi connectivity index (χ4n) is 2.39. The second-order valence-corrected chi connectivity index (χ2v) is 5.99. The SMILES string of the molecule is CCCCCCCCN(CCO)C(=O)[C@H](O)[C@@H](O)[C@H](O)[C@H](O)CO. The minimum absolute atomic E-state index is 0.0101. The molecule has 4 atom stereocenters. The number of aliphatic hydroxyl groups excluding tert-OH is 6. The first-order valence-electron chi connectivity index (χ1n) is 8.63. The summed E-state index contributed by atoms with van der Waals surface area (Å²) in [4.78, 5) is 13.4. The molecule has 6 N–H and O–H groups in total. The summed E-state index contributed by atoms with van der Waals surface area (Å²) >= 11 is 0. The summed E-state index contributed by atoms with van der Waals surface area (Å²) in [6.45, 7) is 1.37. The van der Waals surface area contributed by atoms with Gasteiger partial charge in [-0.05, 0) is 6.42 Å². The molecule has 0 saturated carbocycles. The Bertz CT molecular complexity index is 330. The van der Waals surface area contributed by atoms with Gasteiger partial charge in [-0.3, -0.25) is 4.79 Å². The van der Waals surface area contributed by atoms with Crippen LogP contribution in [0.4, 0.5) is 0 Å². The van der Waals surface area contributed by atoms with Gasteiger partial charge in [0.05, 0.1) is 13.2 Å². The number of carbonyl (C=O) groups is 1. The third-order valence-electron chi connectivity index (χ3n) is 3.97. The molecule has 1 amide bonds. The number of rotatable bonds is 14. The Hall–Kier alpha value is -0.770. The van der Waals surface area contributed by atoms with E-state index in [4.69, 9.17) is 10.2 Å². The molecule has 0 saturated heterocycles. The lowest BCUT2D eigenvalue weighted by atomic mass is 10.0. The average molecular weight is 351 g/mol. The second-order valence-electron chi connectivity index (χ2n) is 5.99. The molecule has 0 spiro atoms. The zero-order valence-electron chi connectivity index (χ0n) is 14.4. The summed E-state index contributed by atoms with van der Waals surface area (Å²) in [5.41, 5.74) is 0. The third kappa shape index (κ3) is 8.36. The highest BCUT2D eigenvalue weighted by Crippen LogP contribution is 2.10. The number of nitrogens with zero attached hydrogens (tertiary/aromatic N) is 1. The molecule has 0 aromatic heterocycles. The Morgan fingerprint density at radius 2 is 1.46 bits per heavy atom. The molecule has 0 aliphatic rings. The van der Waals surface area contributed by atoms with Gasteiger partial charge < -0.3 is 35.5 Å². The van der Waals surface area contributed by atoms with Crippen LogP contribution in [0.1, 0.15) is 45.4 Å². The van der Waals surface area contributed by atoms with Crippen LogP contribution in [0.2, 0.25) is 0 Å². The number of amides is 1. The molecule has 0 bridgehead atoms. The third-order valence-corrected chi connectivity index (χ3v) is 3.97. The van der Waals surface area contributed by atoms with Crippen LogP contribution in [0.15, 0.2) is 0 Å². The minimum atomic E-state index is -1.94. The van der Waals surface area contributed by atoms with E-state index in [1.165, 1.54) is 4.90 Å². The van der Waals surface area contributed by atoms with Gasteiger partial charge in [0.1, 0.15) is 18.3 Å². The summed E-state index contributed by atoms with van der Waals surface area (Å²) in [5, 5.41) is 56.3. The summed E-state index contributed by atoms with van der Waals surface area (Å²) in [5.74, 6) is -0.825. The van der Waals surface area contributed by atoms with Crippen LogP contribution in [0.5, 0.6) is 0 Å². The van der Waals surface area contributed by atoms with E-state index in [1.807, 2.05) is 0 Å². The number of unbranched alkanes of at least 4 members (excludes halogenated alkanes) is 5. The Labute approximate surface area is 143 Å². The zero-order chi connectivity index (χ0) is 18.5. The first-order valence-corrected chi connectivity index (χ1v) is 8.63. The van der Waals surface area contributed by atoms with E-state index < -0.39 is 36.9 Å². The Kier molecular flexibility index (Phi) is 13.1. The predicted octanol–water partition coefficient (Wildman–Crippen LogP) is -1.40. The Morgan fingerprint density at radius 3 is 2.00 bits per heavy atom. The summed E-state index contributed by atoms with van der Waals surface area (Å²) < 4.78 is 0. The summed E-state index contributed by atoms with van der Waals surface area (Å²) in [7, 11) is 0. The minimum Gasteiger partial charge on any atom is -0.395 e. The first kappa shape index (κ1) is 23.2. The van der Waals surface area contributed by atoms with Gasteiger partial charge in [0.2, 0.25) is 0 Å². The van der Waals surface area contributed by atoms with Gasteiger partial charge in [0.15, 0.2) is 6.10 Å². The number of aliphatic hydroxyl groups is 6. The van der Waals surface area contributed by atoms with Crippen molar-refractivity contribution in [1.29, 1.82) is 0 Å². The van der Waals surface area contributed by atoms with Crippen molar-refractivity contribution in [3.05, 3.63) is 0 Å². The maximum atomic E-state index is 12.2. The van der Waals surface area contributed by atoms with E-state index in [1.54, 1.807) is 0 Å². The molecule has 0 radical (unpaired) electrons. The molecule has 0 rings (SSSR count). The normalized spacial score (nSPS) is 16.5. The molecule has 0 aliphatic carbocycles. The molecule has 8 heteroatoms. The van der Waals surface area contributed by atoms with Gasteiger partial charge in [-0.1, -0.05) is 39.0 Å². The Balaban J connectivity index is 4.48. The van der Waals surface area contributed by atoms with E-state index in [9.17, 15) is 25.2 Å². The predicted molar refractivity (Wildman–Crippen MR) is 88.2 cm³/mol. The van der Waals surface area contributed by atoms with E-state index >= 15 is 0 Å². The first-order chi connectivity index (χ1) is 11.4. The average Bonchev–Trinajstić information content (AvgIpc) is 2.60. The lowest BCUT2D eigenvalue weighted by Crippen LogP contribution is -2.53. The fourth-order valence-corrected chi connectivity index (χ4v) is 2.39. The monoisotopic (exact) mass is 351 g/mol. The van der Waals surface area contributed by atoms with E-state index in [-0.39, 0.29) is 13.2 Å². The lowest BCUT2D eigenvalue weighted by Gasteiger charge is -2.29. The van der Waals surface area contributed by atoms with Crippen molar-refractivity contribution in [2.45, 2.75) is 69.9 Å². The molecule has 0 unspecified atom stereocenters. The molecule has 144 valence electrons. The lowest BCUT2D eigenvalue weighted by molar-refractivity contribution is -0.158. The van der Waals surface area contributed by atoms with Crippen molar-refractivity contribution in [3.63, 3.8) is 0 Å². The molecular weight excluding hydrogens is 318 g/mol. The van der Waals surface area contributed by atoms with Crippen molar-refractivity contribution >= 4 is 5.91 Å². The topological polar surface area (TPSA) is 142 Å². The fraction of sp³-hybridized carbons (Fsp3) is 0.938. The van der Waals surface area contributed by atoms with Crippen molar-refractivity contribution in [2.24, 2.45) is 0 Å². The van der Waals surface area contributed by atoms with Crippen LogP contribution in [-0.4, -0.2) is 92.2 Å². The highest BCUT2D eigenvalue weighted by molar-refractivity contribution is 5.81. The standard InChI is InChI=1S/C16H33NO7/c1-2-3-4-5-6-7-8-17(9-10-18)16(24)15(23)14(22)13(21)12(20)11-19/h12-15,18-23H,2-11H2,1H3/t12-,13-,14+,15-/m1/s1. The maximum absolute atomic E-state index is 12.2. The van der Waals surface area contributed by atoms with Crippen molar-refractivity contribution in [3.8, 4) is 0 Å². The van der Waals surface area contributed by atoms with Crippen molar-refractivity contribution in [1.82, 2.24) is 4.90 Å². The van der Waals surface area contributed by atoms with Gasteiger partial charge in [0, 0.05) is 13.1 Å². The molecule has 8 nitrogen and oxygen atoms in total. The second kappa shape index (κ2) is 13.5. The number of hydrogen-bond donors (Lipinski definition) is 6. The van der Waals surface area contributed by atoms with Gasteiger partial charge in [0.25, 0.3) is 5.91 Å². The van der Waals surface area contributed by atoms with Crippen molar-refractivity contribution < 1.29 is 35.4 Å². The van der Waals surface area contributed by atoms with Crippen LogP contribution in [0.25, 0.3) is 0 Å². The quantitative estimate of drug-likeness (QED) is 0.211. The Morgan fingerprint density at radius 1 is 0.875 bits per heavy atom. The molecule has 0 aromatic rings. The highest BCUT2D eigenvalue weighted by atomic mass is 16.4. The maximum Gasteiger partial charge on any atom is 0.254 e.